The molecule has 1 aromatic rings. The van der Waals surface area contributed by atoms with Crippen molar-refractivity contribution in [3.05, 3.63) is 29.8 Å². The number of aliphatic hydroxyl groups excluding tert-OH is 1. The van der Waals surface area contributed by atoms with Crippen molar-refractivity contribution in [1.29, 1.82) is 0 Å². The van der Waals surface area contributed by atoms with Crippen molar-refractivity contribution in [2.75, 3.05) is 11.9 Å². The van der Waals surface area contributed by atoms with Crippen LogP contribution in [0.3, 0.4) is 0 Å². The normalized spacial score (nSPS) is 12.1. The Morgan fingerprint density at radius 3 is 2.19 bits per heavy atom. The third-order valence-corrected chi connectivity index (χ3v) is 3.03. The van der Waals surface area contributed by atoms with Crippen LogP contribution >= 0.6 is 0 Å². The summed E-state index contributed by atoms with van der Waals surface area (Å²) in [4.78, 5) is 24.9. The van der Waals surface area contributed by atoms with Crippen LogP contribution in [0.4, 0.5) is 5.69 Å². The number of benzene rings is 1. The number of nitrogens with one attached hydrogen (secondary N) is 1. The van der Waals surface area contributed by atoms with Gasteiger partial charge in [-0.15, -0.1) is 0 Å². The summed E-state index contributed by atoms with van der Waals surface area (Å²) >= 11 is 0. The highest BCUT2D eigenvalue weighted by molar-refractivity contribution is 5.88. The molecule has 0 aliphatic rings. The molecule has 0 radical (unpaired) electrons. The van der Waals surface area contributed by atoms with Gasteiger partial charge in [-0.05, 0) is 38.5 Å². The number of carbonyl (C=O) groups is 2. The third kappa shape index (κ3) is 5.95. The Morgan fingerprint density at radius 2 is 1.76 bits per heavy atom. The van der Waals surface area contributed by atoms with Gasteiger partial charge in [-0.25, -0.2) is 0 Å². The quantitative estimate of drug-likeness (QED) is 0.840. The van der Waals surface area contributed by atoms with Gasteiger partial charge in [-0.1, -0.05) is 12.1 Å². The van der Waals surface area contributed by atoms with Gasteiger partial charge < -0.3 is 15.3 Å². The van der Waals surface area contributed by atoms with Gasteiger partial charge in [0.15, 0.2) is 0 Å². The average molecular weight is 292 g/mol. The Kier molecular flexibility index (Phi) is 6.37. The second kappa shape index (κ2) is 7.78. The van der Waals surface area contributed by atoms with Gasteiger partial charge >= 0.3 is 0 Å². The van der Waals surface area contributed by atoms with Crippen molar-refractivity contribution in [1.82, 2.24) is 4.90 Å². The Balaban J connectivity index is 2.70. The fourth-order valence-corrected chi connectivity index (χ4v) is 2.07. The van der Waals surface area contributed by atoms with E-state index in [4.69, 9.17) is 0 Å². The molecular weight excluding hydrogens is 268 g/mol. The average Bonchev–Trinajstić information content (AvgIpc) is 2.37. The largest absolute Gasteiger partial charge is 0.392 e. The lowest BCUT2D eigenvalue weighted by molar-refractivity contribution is -0.133. The van der Waals surface area contributed by atoms with Crippen LogP contribution in [-0.2, 0) is 16.0 Å². The minimum atomic E-state index is -0.543. The fraction of sp³-hybridized carbons (Fsp3) is 0.500. The maximum Gasteiger partial charge on any atom is 0.227 e. The molecule has 0 aliphatic heterocycles. The minimum absolute atomic E-state index is 0.0156. The Morgan fingerprint density at radius 1 is 1.19 bits per heavy atom. The van der Waals surface area contributed by atoms with Crippen LogP contribution in [0.2, 0.25) is 0 Å². The highest BCUT2D eigenvalue weighted by atomic mass is 16.3. The summed E-state index contributed by atoms with van der Waals surface area (Å²) < 4.78 is 0. The lowest BCUT2D eigenvalue weighted by atomic mass is 10.1. The first-order chi connectivity index (χ1) is 9.79. The highest BCUT2D eigenvalue weighted by Crippen LogP contribution is 2.12. The second-order valence-corrected chi connectivity index (χ2v) is 5.54. The molecule has 2 N–H and O–H groups in total. The van der Waals surface area contributed by atoms with Crippen LogP contribution in [0.5, 0.6) is 0 Å². The summed E-state index contributed by atoms with van der Waals surface area (Å²) in [6, 6.07) is 7.25. The zero-order valence-electron chi connectivity index (χ0n) is 13.1. The Hall–Kier alpha value is -1.88. The number of carbonyl (C=O) groups excluding carboxylic acids is 2. The monoisotopic (exact) mass is 292 g/mol. The van der Waals surface area contributed by atoms with E-state index in [1.165, 1.54) is 6.92 Å². The molecule has 1 rings (SSSR count). The zero-order chi connectivity index (χ0) is 16.0. The molecule has 1 unspecified atom stereocenters. The van der Waals surface area contributed by atoms with Gasteiger partial charge in [0.05, 0.1) is 12.5 Å². The van der Waals surface area contributed by atoms with Gasteiger partial charge in [-0.3, -0.25) is 9.59 Å². The van der Waals surface area contributed by atoms with Gasteiger partial charge in [0.25, 0.3) is 0 Å². The first-order valence-electron chi connectivity index (χ1n) is 7.13. The molecule has 5 nitrogen and oxygen atoms in total. The molecule has 21 heavy (non-hydrogen) atoms. The highest BCUT2D eigenvalue weighted by Gasteiger charge is 2.18. The lowest BCUT2D eigenvalue weighted by Gasteiger charge is -2.28. The molecule has 1 atom stereocenters. The number of rotatable bonds is 6. The molecule has 5 heteroatoms. The number of aliphatic hydroxyl groups is 1. The molecule has 0 fully saturated rings. The van der Waals surface area contributed by atoms with Gasteiger partial charge in [0.2, 0.25) is 11.8 Å². The van der Waals surface area contributed by atoms with Gasteiger partial charge in [-0.2, -0.15) is 0 Å². The molecule has 116 valence electrons. The van der Waals surface area contributed by atoms with Crippen LogP contribution in [-0.4, -0.2) is 40.5 Å². The third-order valence-electron chi connectivity index (χ3n) is 3.03. The molecule has 0 aliphatic carbocycles. The van der Waals surface area contributed by atoms with E-state index in [9.17, 15) is 14.7 Å². The van der Waals surface area contributed by atoms with Crippen LogP contribution in [0.25, 0.3) is 0 Å². The van der Waals surface area contributed by atoms with E-state index in [0.717, 1.165) is 5.56 Å². The van der Waals surface area contributed by atoms with Crippen molar-refractivity contribution in [2.24, 2.45) is 0 Å². The Labute approximate surface area is 126 Å². The topological polar surface area (TPSA) is 69.6 Å². The smallest absolute Gasteiger partial charge is 0.227 e. The number of anilines is 1. The van der Waals surface area contributed by atoms with E-state index in [0.29, 0.717) is 12.2 Å². The van der Waals surface area contributed by atoms with Gasteiger partial charge in [0, 0.05) is 25.2 Å². The maximum atomic E-state index is 12.3. The van der Waals surface area contributed by atoms with Crippen molar-refractivity contribution in [3.8, 4) is 0 Å². The summed E-state index contributed by atoms with van der Waals surface area (Å²) in [6.45, 7) is 7.32. The summed E-state index contributed by atoms with van der Waals surface area (Å²) in [5.74, 6) is -0.139. The van der Waals surface area contributed by atoms with E-state index in [2.05, 4.69) is 5.32 Å². The summed E-state index contributed by atoms with van der Waals surface area (Å²) in [7, 11) is 0. The fourth-order valence-electron chi connectivity index (χ4n) is 2.07. The number of amides is 2. The van der Waals surface area contributed by atoms with E-state index in [1.807, 2.05) is 26.0 Å². The van der Waals surface area contributed by atoms with Crippen molar-refractivity contribution in [2.45, 2.75) is 46.3 Å². The van der Waals surface area contributed by atoms with E-state index in [-0.39, 0.29) is 24.3 Å². The zero-order valence-corrected chi connectivity index (χ0v) is 13.1. The molecular formula is C16H24N2O3. The first-order valence-corrected chi connectivity index (χ1v) is 7.13. The molecule has 2 amide bonds. The molecule has 0 bridgehead atoms. The molecule has 0 saturated carbocycles. The summed E-state index contributed by atoms with van der Waals surface area (Å²) in [5.41, 5.74) is 1.59. The standard InChI is InChI=1S/C16H24N2O3/c1-11(2)18(10-12(3)19)16(21)9-14-5-7-15(8-6-14)17-13(4)20/h5-8,11-12,19H,9-10H2,1-4H3,(H,17,20). The van der Waals surface area contributed by atoms with Crippen LogP contribution in [0.15, 0.2) is 24.3 Å². The lowest BCUT2D eigenvalue weighted by Crippen LogP contribution is -2.42. The predicted octanol–water partition coefficient (Wildman–Crippen LogP) is 1.81. The van der Waals surface area contributed by atoms with Crippen molar-refractivity contribution in [3.63, 3.8) is 0 Å². The van der Waals surface area contributed by atoms with E-state index in [1.54, 1.807) is 24.0 Å². The van der Waals surface area contributed by atoms with E-state index < -0.39 is 6.10 Å². The molecule has 1 aromatic carbocycles. The van der Waals surface area contributed by atoms with Crippen molar-refractivity contribution < 1.29 is 14.7 Å². The number of hydrogen-bond acceptors (Lipinski definition) is 3. The predicted molar refractivity (Wildman–Crippen MR) is 83.0 cm³/mol. The van der Waals surface area contributed by atoms with E-state index >= 15 is 0 Å². The van der Waals surface area contributed by atoms with Crippen LogP contribution in [0, 0.1) is 0 Å². The SMILES string of the molecule is CC(=O)Nc1ccc(CC(=O)N(CC(C)O)C(C)C)cc1. The van der Waals surface area contributed by atoms with Crippen molar-refractivity contribution >= 4 is 17.5 Å². The van der Waals surface area contributed by atoms with Crippen LogP contribution in [0.1, 0.15) is 33.3 Å². The van der Waals surface area contributed by atoms with Crippen LogP contribution < -0.4 is 5.32 Å². The first kappa shape index (κ1) is 17.2. The maximum absolute atomic E-state index is 12.3. The second-order valence-electron chi connectivity index (χ2n) is 5.54. The summed E-state index contributed by atoms with van der Waals surface area (Å²) in [5, 5.41) is 12.2. The summed E-state index contributed by atoms with van der Waals surface area (Å²) in [6.07, 6.45) is -0.260. The molecule has 0 aromatic heterocycles. The minimum Gasteiger partial charge on any atom is -0.392 e. The number of hydrogen-bond donors (Lipinski definition) is 2. The van der Waals surface area contributed by atoms with Gasteiger partial charge in [0.1, 0.15) is 0 Å². The number of nitrogens with zero attached hydrogens (tertiary/aromatic N) is 1. The molecule has 0 heterocycles. The molecule has 0 spiro atoms. The Bertz CT molecular complexity index is 481. The molecule has 0 saturated heterocycles.